The van der Waals surface area contributed by atoms with Gasteiger partial charge in [-0.05, 0) is 42.5 Å². The summed E-state index contributed by atoms with van der Waals surface area (Å²) >= 11 is 9.49. The van der Waals surface area contributed by atoms with Crippen molar-refractivity contribution in [1.29, 1.82) is 0 Å². The zero-order valence-corrected chi connectivity index (χ0v) is 21.6. The number of anilines is 2. The van der Waals surface area contributed by atoms with Gasteiger partial charge in [0.15, 0.2) is 5.82 Å². The number of halogens is 2. The predicted octanol–water partition coefficient (Wildman–Crippen LogP) is 4.07. The van der Waals surface area contributed by atoms with Gasteiger partial charge < -0.3 is 20.4 Å². The van der Waals surface area contributed by atoms with Crippen LogP contribution < -0.4 is 15.5 Å². The van der Waals surface area contributed by atoms with Crippen LogP contribution in [0.3, 0.4) is 0 Å². The molecule has 0 unspecified atom stereocenters. The first-order chi connectivity index (χ1) is 16.9. The molecule has 1 saturated heterocycles. The first-order valence-corrected chi connectivity index (χ1v) is 12.5. The van der Waals surface area contributed by atoms with E-state index in [2.05, 4.69) is 36.4 Å². The van der Waals surface area contributed by atoms with Crippen molar-refractivity contribution in [3.8, 4) is 11.4 Å². The molecule has 35 heavy (non-hydrogen) atoms. The Labute approximate surface area is 217 Å². The van der Waals surface area contributed by atoms with E-state index in [1.54, 1.807) is 0 Å². The molecule has 0 radical (unpaired) electrons. The highest BCUT2D eigenvalue weighted by molar-refractivity contribution is 9.10. The molecular weight excluding hydrogens is 532 g/mol. The average molecular weight is 558 g/mol. The van der Waals surface area contributed by atoms with Crippen molar-refractivity contribution < 1.29 is 9.59 Å². The van der Waals surface area contributed by atoms with Crippen LogP contribution in [0.2, 0.25) is 5.02 Å². The van der Waals surface area contributed by atoms with Crippen molar-refractivity contribution in [2.24, 2.45) is 0 Å². The monoisotopic (exact) mass is 556 g/mol. The standard InChI is InChI=1S/C25H26BrClN6O2/c1-17(34)28-9-10-29-22-16-23(31-24(30-22)18-5-7-21(27)8-6-18)32-11-13-33(14-12-32)25(35)19-3-2-4-20(26)15-19/h2-8,15-16H,9-14H2,1H3,(H,28,34)(H,29,30,31). The van der Waals surface area contributed by atoms with Gasteiger partial charge in [0.1, 0.15) is 11.6 Å². The van der Waals surface area contributed by atoms with Gasteiger partial charge in [-0.1, -0.05) is 33.6 Å². The minimum Gasteiger partial charge on any atom is -0.368 e. The van der Waals surface area contributed by atoms with E-state index in [9.17, 15) is 9.59 Å². The molecular formula is C25H26BrClN6O2. The summed E-state index contributed by atoms with van der Waals surface area (Å²) in [4.78, 5) is 37.6. The number of hydrogen-bond donors (Lipinski definition) is 2. The van der Waals surface area contributed by atoms with Crippen molar-refractivity contribution in [2.75, 3.05) is 49.5 Å². The Morgan fingerprint density at radius 2 is 1.74 bits per heavy atom. The third-order valence-electron chi connectivity index (χ3n) is 5.58. The predicted molar refractivity (Wildman–Crippen MR) is 142 cm³/mol. The van der Waals surface area contributed by atoms with Crippen LogP contribution in [-0.2, 0) is 4.79 Å². The number of piperazine rings is 1. The summed E-state index contributed by atoms with van der Waals surface area (Å²) in [7, 11) is 0. The SMILES string of the molecule is CC(=O)NCCNc1cc(N2CCN(C(=O)c3cccc(Br)c3)CC2)nc(-c2ccc(Cl)cc2)n1. The van der Waals surface area contributed by atoms with E-state index < -0.39 is 0 Å². The average Bonchev–Trinajstić information content (AvgIpc) is 2.86. The third-order valence-corrected chi connectivity index (χ3v) is 6.33. The summed E-state index contributed by atoms with van der Waals surface area (Å²) in [6, 6.07) is 16.7. The molecule has 8 nitrogen and oxygen atoms in total. The maximum absolute atomic E-state index is 12.9. The molecule has 0 spiro atoms. The number of nitrogens with zero attached hydrogens (tertiary/aromatic N) is 4. The molecule has 2 heterocycles. The number of rotatable bonds is 7. The van der Waals surface area contributed by atoms with E-state index in [-0.39, 0.29) is 11.8 Å². The summed E-state index contributed by atoms with van der Waals surface area (Å²) in [5.41, 5.74) is 1.52. The van der Waals surface area contributed by atoms with Crippen LogP contribution in [0.4, 0.5) is 11.6 Å². The summed E-state index contributed by atoms with van der Waals surface area (Å²) < 4.78 is 0.885. The van der Waals surface area contributed by atoms with Gasteiger partial charge in [-0.15, -0.1) is 0 Å². The van der Waals surface area contributed by atoms with Crippen molar-refractivity contribution in [3.63, 3.8) is 0 Å². The third kappa shape index (κ3) is 6.70. The minimum absolute atomic E-state index is 0.0239. The largest absolute Gasteiger partial charge is 0.368 e. The lowest BCUT2D eigenvalue weighted by Crippen LogP contribution is -2.49. The lowest BCUT2D eigenvalue weighted by molar-refractivity contribution is -0.118. The van der Waals surface area contributed by atoms with Gasteiger partial charge in [0.2, 0.25) is 5.91 Å². The van der Waals surface area contributed by atoms with E-state index in [4.69, 9.17) is 16.6 Å². The highest BCUT2D eigenvalue weighted by Crippen LogP contribution is 2.25. The number of hydrogen-bond acceptors (Lipinski definition) is 6. The second-order valence-electron chi connectivity index (χ2n) is 8.14. The molecule has 3 aromatic rings. The Bertz CT molecular complexity index is 1200. The quantitative estimate of drug-likeness (QED) is 0.426. The van der Waals surface area contributed by atoms with Crippen molar-refractivity contribution in [3.05, 3.63) is 69.7 Å². The molecule has 2 N–H and O–H groups in total. The molecule has 182 valence electrons. The Hall–Kier alpha value is -3.17. The zero-order valence-electron chi connectivity index (χ0n) is 19.3. The van der Waals surface area contributed by atoms with Gasteiger partial charge in [-0.2, -0.15) is 0 Å². The lowest BCUT2D eigenvalue weighted by Gasteiger charge is -2.35. The van der Waals surface area contributed by atoms with Gasteiger partial charge in [-0.25, -0.2) is 9.97 Å². The molecule has 10 heteroatoms. The highest BCUT2D eigenvalue weighted by Gasteiger charge is 2.24. The molecule has 0 aliphatic carbocycles. The fraction of sp³-hybridized carbons (Fsp3) is 0.280. The maximum Gasteiger partial charge on any atom is 0.254 e. The van der Waals surface area contributed by atoms with Crippen LogP contribution in [0.15, 0.2) is 59.1 Å². The van der Waals surface area contributed by atoms with E-state index in [0.29, 0.717) is 61.5 Å². The summed E-state index contributed by atoms with van der Waals surface area (Å²) in [6.07, 6.45) is 0. The summed E-state index contributed by atoms with van der Waals surface area (Å²) in [5, 5.41) is 6.68. The molecule has 1 fully saturated rings. The number of aromatic nitrogens is 2. The fourth-order valence-electron chi connectivity index (χ4n) is 3.79. The fourth-order valence-corrected chi connectivity index (χ4v) is 4.31. The van der Waals surface area contributed by atoms with Crippen LogP contribution in [0.5, 0.6) is 0 Å². The molecule has 2 aromatic carbocycles. The van der Waals surface area contributed by atoms with E-state index in [1.165, 1.54) is 6.92 Å². The first kappa shape index (κ1) is 24.9. The van der Waals surface area contributed by atoms with Crippen LogP contribution in [0.25, 0.3) is 11.4 Å². The number of benzene rings is 2. The number of carbonyl (C=O) groups excluding carboxylic acids is 2. The Balaban J connectivity index is 1.50. The second kappa shape index (κ2) is 11.5. The lowest BCUT2D eigenvalue weighted by atomic mass is 10.2. The van der Waals surface area contributed by atoms with Crippen LogP contribution in [0.1, 0.15) is 17.3 Å². The van der Waals surface area contributed by atoms with Gasteiger partial charge in [0.25, 0.3) is 5.91 Å². The Morgan fingerprint density at radius 3 is 2.43 bits per heavy atom. The normalized spacial score (nSPS) is 13.5. The number of amides is 2. The van der Waals surface area contributed by atoms with Crippen molar-refractivity contribution in [1.82, 2.24) is 20.2 Å². The van der Waals surface area contributed by atoms with Gasteiger partial charge >= 0.3 is 0 Å². The van der Waals surface area contributed by atoms with Crippen LogP contribution >= 0.6 is 27.5 Å². The molecule has 4 rings (SSSR count). The van der Waals surface area contributed by atoms with Crippen LogP contribution in [-0.4, -0.2) is 66.0 Å². The molecule has 0 atom stereocenters. The molecule has 0 bridgehead atoms. The first-order valence-electron chi connectivity index (χ1n) is 11.3. The Morgan fingerprint density at radius 1 is 1.00 bits per heavy atom. The Kier molecular flexibility index (Phi) is 8.20. The molecule has 1 aromatic heterocycles. The molecule has 0 saturated carbocycles. The summed E-state index contributed by atoms with van der Waals surface area (Å²) in [5.74, 6) is 1.97. The second-order valence-corrected chi connectivity index (χ2v) is 9.49. The highest BCUT2D eigenvalue weighted by atomic mass is 79.9. The van der Waals surface area contributed by atoms with Crippen molar-refractivity contribution >= 4 is 51.0 Å². The molecule has 1 aliphatic heterocycles. The van der Waals surface area contributed by atoms with Gasteiger partial charge in [0.05, 0.1) is 0 Å². The topological polar surface area (TPSA) is 90.5 Å². The van der Waals surface area contributed by atoms with Gasteiger partial charge in [-0.3, -0.25) is 9.59 Å². The van der Waals surface area contributed by atoms with E-state index in [1.807, 2.05) is 59.5 Å². The zero-order chi connectivity index (χ0) is 24.8. The van der Waals surface area contributed by atoms with E-state index in [0.717, 1.165) is 15.9 Å². The van der Waals surface area contributed by atoms with Crippen molar-refractivity contribution in [2.45, 2.75) is 6.92 Å². The minimum atomic E-state index is -0.0766. The number of carbonyl (C=O) groups is 2. The van der Waals surface area contributed by atoms with E-state index >= 15 is 0 Å². The van der Waals surface area contributed by atoms with Crippen LogP contribution in [0, 0.1) is 0 Å². The summed E-state index contributed by atoms with van der Waals surface area (Å²) in [6.45, 7) is 5.01. The smallest absolute Gasteiger partial charge is 0.254 e. The molecule has 1 aliphatic rings. The van der Waals surface area contributed by atoms with Gasteiger partial charge in [0, 0.05) is 72.9 Å². The molecule has 2 amide bonds. The maximum atomic E-state index is 12.9. The number of nitrogens with one attached hydrogen (secondary N) is 2.